The van der Waals surface area contributed by atoms with E-state index in [1.165, 1.54) is 6.21 Å². The maximum atomic E-state index is 12.0. The number of halogens is 3. The van der Waals surface area contributed by atoms with Crippen LogP contribution in [0.3, 0.4) is 0 Å². The van der Waals surface area contributed by atoms with Crippen LogP contribution in [0.5, 0.6) is 11.5 Å². The molecular formula is C25H22Cl2IN3O4. The number of carbonyl (C=O) groups excluding carboxylic acids is 2. The molecule has 35 heavy (non-hydrogen) atoms. The van der Waals surface area contributed by atoms with Crippen LogP contribution < -0.4 is 20.2 Å². The third kappa shape index (κ3) is 8.41. The van der Waals surface area contributed by atoms with E-state index in [0.29, 0.717) is 39.4 Å². The second kappa shape index (κ2) is 13.3. The highest BCUT2D eigenvalue weighted by Gasteiger charge is 2.14. The van der Waals surface area contributed by atoms with Gasteiger partial charge in [0.1, 0.15) is 13.0 Å². The van der Waals surface area contributed by atoms with Crippen LogP contribution in [0.2, 0.25) is 10.0 Å². The number of rotatable bonds is 10. The number of nitrogens with zero attached hydrogens (tertiary/aromatic N) is 1. The molecule has 3 aromatic carbocycles. The second-order valence-corrected chi connectivity index (χ2v) is 9.18. The molecule has 0 radical (unpaired) electrons. The van der Waals surface area contributed by atoms with Crippen molar-refractivity contribution in [3.8, 4) is 11.5 Å². The topological polar surface area (TPSA) is 89.0 Å². The summed E-state index contributed by atoms with van der Waals surface area (Å²) in [5, 5.41) is 7.67. The summed E-state index contributed by atoms with van der Waals surface area (Å²) in [6.07, 6.45) is 1.12. The number of amides is 2. The highest BCUT2D eigenvalue weighted by atomic mass is 127. The van der Waals surface area contributed by atoms with Gasteiger partial charge in [0.25, 0.3) is 0 Å². The van der Waals surface area contributed by atoms with Crippen molar-refractivity contribution in [1.82, 2.24) is 5.43 Å². The number of carbonyl (C=O) groups is 2. The van der Waals surface area contributed by atoms with E-state index in [1.54, 1.807) is 42.5 Å². The number of hydrogen-bond acceptors (Lipinski definition) is 5. The number of para-hydroxylation sites is 1. The largest absolute Gasteiger partial charge is 0.490 e. The normalized spacial score (nSPS) is 10.7. The fourth-order valence-electron chi connectivity index (χ4n) is 2.94. The first-order valence-corrected chi connectivity index (χ1v) is 12.4. The molecular weight excluding hydrogens is 604 g/mol. The zero-order valence-corrected chi connectivity index (χ0v) is 22.4. The van der Waals surface area contributed by atoms with Crippen LogP contribution in [-0.4, -0.2) is 24.6 Å². The average Bonchev–Trinajstić information content (AvgIpc) is 2.80. The van der Waals surface area contributed by atoms with Crippen molar-refractivity contribution in [3.05, 3.63) is 85.4 Å². The lowest BCUT2D eigenvalue weighted by atomic mass is 10.2. The van der Waals surface area contributed by atoms with Gasteiger partial charge in [0, 0.05) is 21.3 Å². The van der Waals surface area contributed by atoms with Crippen LogP contribution in [0, 0.1) is 3.57 Å². The summed E-state index contributed by atoms with van der Waals surface area (Å²) in [4.78, 5) is 24.0. The number of anilines is 1. The van der Waals surface area contributed by atoms with Gasteiger partial charge in [-0.15, -0.1) is 0 Å². The molecule has 0 aliphatic rings. The van der Waals surface area contributed by atoms with Crippen molar-refractivity contribution in [1.29, 1.82) is 0 Å². The van der Waals surface area contributed by atoms with Crippen LogP contribution in [0.15, 0.2) is 65.8 Å². The molecule has 0 bridgehead atoms. The predicted molar refractivity (Wildman–Crippen MR) is 147 cm³/mol. The third-order valence-electron chi connectivity index (χ3n) is 4.50. The van der Waals surface area contributed by atoms with Gasteiger partial charge in [-0.25, -0.2) is 5.43 Å². The van der Waals surface area contributed by atoms with Crippen molar-refractivity contribution < 1.29 is 19.1 Å². The molecule has 2 N–H and O–H groups in total. The maximum absolute atomic E-state index is 12.0. The Morgan fingerprint density at radius 3 is 2.51 bits per heavy atom. The minimum atomic E-state index is -0.533. The van der Waals surface area contributed by atoms with Gasteiger partial charge in [0.15, 0.2) is 11.5 Å². The van der Waals surface area contributed by atoms with Crippen LogP contribution in [-0.2, 0) is 16.2 Å². The molecule has 0 unspecified atom stereocenters. The SMILES string of the molecule is CCOc1cc(C=NNC(=O)CC(=O)Nc2ccccc2)cc(I)c1OCc1ccc(Cl)cc1Cl. The molecule has 0 saturated heterocycles. The minimum absolute atomic E-state index is 0.237. The summed E-state index contributed by atoms with van der Waals surface area (Å²) >= 11 is 14.3. The fourth-order valence-corrected chi connectivity index (χ4v) is 4.19. The van der Waals surface area contributed by atoms with Crippen molar-refractivity contribution in [3.63, 3.8) is 0 Å². The first-order chi connectivity index (χ1) is 16.9. The molecule has 3 rings (SSSR count). The van der Waals surface area contributed by atoms with Crippen LogP contribution in [0.4, 0.5) is 5.69 Å². The number of benzene rings is 3. The highest BCUT2D eigenvalue weighted by molar-refractivity contribution is 14.1. The molecule has 0 fully saturated rings. The average molecular weight is 626 g/mol. The summed E-state index contributed by atoms with van der Waals surface area (Å²) in [5.41, 5.74) is 4.45. The Bertz CT molecular complexity index is 1220. The Kier molecular flexibility index (Phi) is 10.2. The smallest absolute Gasteiger partial charge is 0.249 e. The second-order valence-electron chi connectivity index (χ2n) is 7.17. The number of ether oxygens (including phenoxy) is 2. The molecule has 0 aliphatic carbocycles. The predicted octanol–water partition coefficient (Wildman–Crippen LogP) is 6.05. The monoisotopic (exact) mass is 625 g/mol. The molecule has 0 spiro atoms. The van der Waals surface area contributed by atoms with Gasteiger partial charge in [-0.1, -0.05) is 47.5 Å². The van der Waals surface area contributed by atoms with Crippen LogP contribution >= 0.6 is 45.8 Å². The molecule has 0 heterocycles. The van der Waals surface area contributed by atoms with Crippen molar-refractivity contribution in [2.24, 2.45) is 5.10 Å². The summed E-state index contributed by atoms with van der Waals surface area (Å²) in [5.74, 6) is 0.130. The molecule has 182 valence electrons. The summed E-state index contributed by atoms with van der Waals surface area (Å²) in [6, 6.07) is 17.7. The van der Waals surface area contributed by atoms with Gasteiger partial charge in [-0.3, -0.25) is 9.59 Å². The van der Waals surface area contributed by atoms with E-state index in [0.717, 1.165) is 9.13 Å². The molecule has 7 nitrogen and oxygen atoms in total. The van der Waals surface area contributed by atoms with Gasteiger partial charge < -0.3 is 14.8 Å². The molecule has 2 amide bonds. The zero-order chi connectivity index (χ0) is 25.2. The first-order valence-electron chi connectivity index (χ1n) is 10.6. The highest BCUT2D eigenvalue weighted by Crippen LogP contribution is 2.35. The van der Waals surface area contributed by atoms with E-state index in [1.807, 2.05) is 25.1 Å². The Morgan fingerprint density at radius 2 is 1.80 bits per heavy atom. The number of nitrogens with one attached hydrogen (secondary N) is 2. The zero-order valence-electron chi connectivity index (χ0n) is 18.7. The standard InChI is InChI=1S/C25H22Cl2IN3O4/c1-2-34-22-11-16(10-21(28)25(22)35-15-17-8-9-18(26)12-20(17)27)14-29-31-24(33)13-23(32)30-19-6-4-3-5-7-19/h3-12,14H,2,13,15H2,1H3,(H,30,32)(H,31,33). The Morgan fingerprint density at radius 1 is 1.03 bits per heavy atom. The summed E-state index contributed by atoms with van der Waals surface area (Å²) in [7, 11) is 0. The summed E-state index contributed by atoms with van der Waals surface area (Å²) < 4.78 is 12.5. The minimum Gasteiger partial charge on any atom is -0.490 e. The quantitative estimate of drug-likeness (QED) is 0.124. The summed E-state index contributed by atoms with van der Waals surface area (Å²) in [6.45, 7) is 2.54. The maximum Gasteiger partial charge on any atom is 0.249 e. The Labute approximate surface area is 226 Å². The molecule has 0 atom stereocenters. The van der Waals surface area contributed by atoms with E-state index in [4.69, 9.17) is 32.7 Å². The van der Waals surface area contributed by atoms with Crippen LogP contribution in [0.25, 0.3) is 0 Å². The van der Waals surface area contributed by atoms with Gasteiger partial charge in [-0.2, -0.15) is 5.10 Å². The van der Waals surface area contributed by atoms with Gasteiger partial charge >= 0.3 is 0 Å². The first kappa shape index (κ1) is 26.8. The number of hydrazone groups is 1. The van der Waals surface area contributed by atoms with E-state index in [2.05, 4.69) is 38.4 Å². The lowest BCUT2D eigenvalue weighted by Crippen LogP contribution is -2.24. The molecule has 3 aromatic rings. The fraction of sp³-hybridized carbons (Fsp3) is 0.160. The molecule has 0 saturated carbocycles. The van der Waals surface area contributed by atoms with E-state index >= 15 is 0 Å². The lowest BCUT2D eigenvalue weighted by molar-refractivity contribution is -0.126. The molecule has 0 aromatic heterocycles. The third-order valence-corrected chi connectivity index (χ3v) is 5.89. The Balaban J connectivity index is 1.61. The van der Waals surface area contributed by atoms with Gasteiger partial charge in [0.2, 0.25) is 11.8 Å². The van der Waals surface area contributed by atoms with Gasteiger partial charge in [-0.05, 0) is 71.5 Å². The van der Waals surface area contributed by atoms with Crippen molar-refractivity contribution in [2.75, 3.05) is 11.9 Å². The van der Waals surface area contributed by atoms with Crippen LogP contribution in [0.1, 0.15) is 24.5 Å². The van der Waals surface area contributed by atoms with E-state index in [9.17, 15) is 9.59 Å². The Hall–Kier alpha value is -2.82. The van der Waals surface area contributed by atoms with E-state index in [-0.39, 0.29) is 13.0 Å². The van der Waals surface area contributed by atoms with Gasteiger partial charge in [0.05, 0.1) is 16.4 Å². The molecule has 10 heteroatoms. The lowest BCUT2D eigenvalue weighted by Gasteiger charge is -2.15. The number of hydrogen-bond donors (Lipinski definition) is 2. The van der Waals surface area contributed by atoms with Crippen molar-refractivity contribution >= 4 is 69.5 Å². The molecule has 0 aliphatic heterocycles. The van der Waals surface area contributed by atoms with Crippen molar-refractivity contribution in [2.45, 2.75) is 20.0 Å². The van der Waals surface area contributed by atoms with E-state index < -0.39 is 11.8 Å².